The maximum Gasteiger partial charge on any atom is 0.232 e. The Morgan fingerprint density at radius 1 is 1.06 bits per heavy atom. The van der Waals surface area contributed by atoms with Gasteiger partial charge >= 0.3 is 0 Å². The lowest BCUT2D eigenvalue weighted by atomic mass is 9.83. The summed E-state index contributed by atoms with van der Waals surface area (Å²) in [5.41, 5.74) is 1.64. The molecule has 3 heteroatoms. The monoisotopic (exact) mass is 220 g/mol. The summed E-state index contributed by atoms with van der Waals surface area (Å²) in [6, 6.07) is 0. The lowest BCUT2D eigenvalue weighted by Gasteiger charge is -2.36. The van der Waals surface area contributed by atoms with Crippen LogP contribution >= 0.6 is 0 Å². The van der Waals surface area contributed by atoms with E-state index in [-0.39, 0.29) is 17.2 Å². The Morgan fingerprint density at radius 3 is 2.31 bits per heavy atom. The third-order valence-electron chi connectivity index (χ3n) is 3.35. The largest absolute Gasteiger partial charge is 0.487 e. The quantitative estimate of drug-likeness (QED) is 0.465. The van der Waals surface area contributed by atoms with Gasteiger partial charge in [-0.05, 0) is 46.1 Å². The summed E-state index contributed by atoms with van der Waals surface area (Å²) >= 11 is 0. The number of rotatable bonds is 0. The van der Waals surface area contributed by atoms with E-state index < -0.39 is 0 Å². The first-order valence-corrected chi connectivity index (χ1v) is 5.52. The standard InChI is InChI=1S/C13H16O3/c1-7-8(2)12-9(11(15)10(7)14)5-6-13(3,4)16-12/h5-6H2,1-4H3. The molecule has 1 heterocycles. The summed E-state index contributed by atoms with van der Waals surface area (Å²) in [6.07, 6.45) is 1.41. The molecule has 3 nitrogen and oxygen atoms in total. The van der Waals surface area contributed by atoms with Gasteiger partial charge in [-0.3, -0.25) is 9.59 Å². The molecule has 0 bridgehead atoms. The van der Waals surface area contributed by atoms with Gasteiger partial charge in [0.2, 0.25) is 11.6 Å². The van der Waals surface area contributed by atoms with E-state index in [1.807, 2.05) is 20.8 Å². The van der Waals surface area contributed by atoms with Crippen molar-refractivity contribution in [3.8, 4) is 0 Å². The Labute approximate surface area is 95.2 Å². The predicted octanol–water partition coefficient (Wildman–Crippen LogP) is 2.32. The number of Topliss-reactive ketones (excluding diaryl/α,β-unsaturated/α-hetero) is 2. The Hall–Kier alpha value is -1.38. The van der Waals surface area contributed by atoms with Crippen molar-refractivity contribution in [1.82, 2.24) is 0 Å². The number of allylic oxidation sites excluding steroid dienone is 3. The van der Waals surface area contributed by atoms with Crippen LogP contribution in [0, 0.1) is 0 Å². The van der Waals surface area contributed by atoms with Crippen LogP contribution in [0.3, 0.4) is 0 Å². The Morgan fingerprint density at radius 2 is 1.69 bits per heavy atom. The van der Waals surface area contributed by atoms with E-state index in [0.717, 1.165) is 12.0 Å². The molecule has 0 aromatic heterocycles. The van der Waals surface area contributed by atoms with Crippen molar-refractivity contribution < 1.29 is 14.3 Å². The van der Waals surface area contributed by atoms with Gasteiger partial charge in [0.25, 0.3) is 0 Å². The van der Waals surface area contributed by atoms with Gasteiger partial charge in [0.15, 0.2) is 0 Å². The molecule has 16 heavy (non-hydrogen) atoms. The zero-order chi connectivity index (χ0) is 12.1. The van der Waals surface area contributed by atoms with E-state index in [1.165, 1.54) is 0 Å². The van der Waals surface area contributed by atoms with E-state index in [2.05, 4.69) is 0 Å². The fourth-order valence-corrected chi connectivity index (χ4v) is 2.10. The lowest BCUT2D eigenvalue weighted by molar-refractivity contribution is -0.133. The predicted molar refractivity (Wildman–Crippen MR) is 59.8 cm³/mol. The highest BCUT2D eigenvalue weighted by Gasteiger charge is 2.38. The number of carbonyl (C=O) groups excluding carboxylic acids is 2. The van der Waals surface area contributed by atoms with Crippen LogP contribution in [0.4, 0.5) is 0 Å². The van der Waals surface area contributed by atoms with Gasteiger partial charge in [0.1, 0.15) is 11.4 Å². The highest BCUT2D eigenvalue weighted by molar-refractivity contribution is 6.50. The van der Waals surface area contributed by atoms with Crippen molar-refractivity contribution in [2.75, 3.05) is 0 Å². The fraction of sp³-hybridized carbons (Fsp3) is 0.538. The van der Waals surface area contributed by atoms with Gasteiger partial charge in [0, 0.05) is 11.1 Å². The number of carbonyl (C=O) groups is 2. The van der Waals surface area contributed by atoms with Crippen LogP contribution in [-0.4, -0.2) is 17.2 Å². The second-order valence-corrected chi connectivity index (χ2v) is 5.08. The molecule has 2 rings (SSSR count). The van der Waals surface area contributed by atoms with Crippen LogP contribution in [0.1, 0.15) is 40.5 Å². The number of hydrogen-bond acceptors (Lipinski definition) is 3. The minimum absolute atomic E-state index is 0.249. The van der Waals surface area contributed by atoms with E-state index in [9.17, 15) is 9.59 Å². The molecule has 0 saturated heterocycles. The molecule has 1 aliphatic carbocycles. The van der Waals surface area contributed by atoms with Gasteiger partial charge in [-0.25, -0.2) is 0 Å². The van der Waals surface area contributed by atoms with Crippen molar-refractivity contribution in [2.24, 2.45) is 0 Å². The second kappa shape index (κ2) is 3.30. The first-order valence-electron chi connectivity index (χ1n) is 5.52. The summed E-state index contributed by atoms with van der Waals surface area (Å²) in [5, 5.41) is 0. The van der Waals surface area contributed by atoms with Gasteiger partial charge in [-0.15, -0.1) is 0 Å². The Kier molecular flexibility index (Phi) is 2.30. The molecule has 1 aliphatic heterocycles. The molecule has 0 aromatic rings. The van der Waals surface area contributed by atoms with Crippen molar-refractivity contribution in [2.45, 2.75) is 46.1 Å². The van der Waals surface area contributed by atoms with E-state index >= 15 is 0 Å². The van der Waals surface area contributed by atoms with Crippen LogP contribution in [0.2, 0.25) is 0 Å². The molecule has 0 saturated carbocycles. The van der Waals surface area contributed by atoms with Gasteiger partial charge < -0.3 is 4.74 Å². The first kappa shape index (κ1) is 11.1. The maximum atomic E-state index is 11.8. The molecular weight excluding hydrogens is 204 g/mol. The average molecular weight is 220 g/mol. The third kappa shape index (κ3) is 1.51. The van der Waals surface area contributed by atoms with Gasteiger partial charge in [-0.2, -0.15) is 0 Å². The van der Waals surface area contributed by atoms with Crippen molar-refractivity contribution >= 4 is 11.6 Å². The van der Waals surface area contributed by atoms with Crippen LogP contribution in [0.25, 0.3) is 0 Å². The molecule has 0 atom stereocenters. The fourth-order valence-electron chi connectivity index (χ4n) is 2.10. The Bertz CT molecular complexity index is 450. The van der Waals surface area contributed by atoms with Crippen molar-refractivity contribution in [3.05, 3.63) is 22.5 Å². The highest BCUT2D eigenvalue weighted by Crippen LogP contribution is 2.38. The van der Waals surface area contributed by atoms with Crippen molar-refractivity contribution in [3.63, 3.8) is 0 Å². The van der Waals surface area contributed by atoms with Crippen LogP contribution in [0.15, 0.2) is 22.5 Å². The minimum atomic E-state index is -0.381. The van der Waals surface area contributed by atoms with Crippen LogP contribution in [-0.2, 0) is 14.3 Å². The molecule has 0 spiro atoms. The van der Waals surface area contributed by atoms with Crippen molar-refractivity contribution in [1.29, 1.82) is 0 Å². The number of ketones is 2. The second-order valence-electron chi connectivity index (χ2n) is 5.08. The maximum absolute atomic E-state index is 11.8. The van der Waals surface area contributed by atoms with E-state index in [0.29, 0.717) is 23.3 Å². The molecule has 0 N–H and O–H groups in total. The molecule has 0 radical (unpaired) electrons. The van der Waals surface area contributed by atoms with Crippen LogP contribution < -0.4 is 0 Å². The van der Waals surface area contributed by atoms with E-state index in [1.54, 1.807) is 6.92 Å². The normalized spacial score (nSPS) is 24.5. The summed E-state index contributed by atoms with van der Waals surface area (Å²) in [6.45, 7) is 7.53. The van der Waals surface area contributed by atoms with Gasteiger partial charge in [0.05, 0.1) is 0 Å². The molecule has 0 unspecified atom stereocenters. The van der Waals surface area contributed by atoms with E-state index in [4.69, 9.17) is 4.74 Å². The highest BCUT2D eigenvalue weighted by atomic mass is 16.5. The number of hydrogen-bond donors (Lipinski definition) is 0. The molecule has 0 aromatic carbocycles. The lowest BCUT2D eigenvalue weighted by Crippen LogP contribution is -2.35. The van der Waals surface area contributed by atoms with Crippen LogP contribution in [0.5, 0.6) is 0 Å². The zero-order valence-corrected chi connectivity index (χ0v) is 10.1. The van der Waals surface area contributed by atoms with Gasteiger partial charge in [-0.1, -0.05) is 0 Å². The summed E-state index contributed by atoms with van der Waals surface area (Å²) < 4.78 is 5.83. The smallest absolute Gasteiger partial charge is 0.232 e. The first-order chi connectivity index (χ1) is 7.33. The molecular formula is C13H16O3. The SMILES string of the molecule is CC1=C(C)C2=C(CCC(C)(C)O2)C(=O)C1=O. The zero-order valence-electron chi connectivity index (χ0n) is 10.1. The molecule has 86 valence electrons. The summed E-state index contributed by atoms with van der Waals surface area (Å²) in [7, 11) is 0. The topological polar surface area (TPSA) is 43.4 Å². The third-order valence-corrected chi connectivity index (χ3v) is 3.35. The minimum Gasteiger partial charge on any atom is -0.487 e. The molecule has 0 fully saturated rings. The summed E-state index contributed by atoms with van der Waals surface area (Å²) in [5.74, 6) is -0.119. The molecule has 0 amide bonds. The number of ether oxygens (including phenoxy) is 1. The summed E-state index contributed by atoms with van der Waals surface area (Å²) in [4.78, 5) is 23.5. The molecule has 2 aliphatic rings. The Balaban J connectivity index is 2.53. The average Bonchev–Trinajstić information content (AvgIpc) is 2.22.